The maximum absolute atomic E-state index is 5.70. The van der Waals surface area contributed by atoms with Gasteiger partial charge >= 0.3 is 0 Å². The van der Waals surface area contributed by atoms with Gasteiger partial charge in [-0.2, -0.15) is 0 Å². The van der Waals surface area contributed by atoms with Gasteiger partial charge in [0.1, 0.15) is 5.75 Å². The standard InChI is InChI=1S/C15H23NO/c1-5-16-13(4)14-7-6-8-15(11-14)17-10-9-12(2)3/h6-8,11,13,16H,2,5,9-10H2,1,3-4H3. The average molecular weight is 233 g/mol. The maximum Gasteiger partial charge on any atom is 0.119 e. The molecule has 0 heterocycles. The Morgan fingerprint density at radius 2 is 2.24 bits per heavy atom. The normalized spacial score (nSPS) is 12.2. The van der Waals surface area contributed by atoms with Gasteiger partial charge in [-0.15, -0.1) is 6.58 Å². The predicted octanol–water partition coefficient (Wildman–Crippen LogP) is 3.70. The SMILES string of the molecule is C=C(C)CCOc1cccc(C(C)NCC)c1. The summed E-state index contributed by atoms with van der Waals surface area (Å²) >= 11 is 0. The molecule has 0 aliphatic carbocycles. The molecule has 0 aliphatic rings. The third kappa shape index (κ3) is 5.05. The highest BCUT2D eigenvalue weighted by atomic mass is 16.5. The Bertz CT molecular complexity index is 360. The van der Waals surface area contributed by atoms with Crippen LogP contribution in [0, 0.1) is 0 Å². The molecule has 17 heavy (non-hydrogen) atoms. The molecule has 1 atom stereocenters. The third-order valence-electron chi connectivity index (χ3n) is 2.67. The molecule has 1 N–H and O–H groups in total. The molecule has 0 aromatic heterocycles. The van der Waals surface area contributed by atoms with Crippen molar-refractivity contribution in [2.75, 3.05) is 13.2 Å². The number of nitrogens with one attached hydrogen (secondary N) is 1. The Morgan fingerprint density at radius 3 is 2.88 bits per heavy atom. The van der Waals surface area contributed by atoms with Gasteiger partial charge in [0.15, 0.2) is 0 Å². The smallest absolute Gasteiger partial charge is 0.119 e. The molecule has 0 aliphatic heterocycles. The summed E-state index contributed by atoms with van der Waals surface area (Å²) in [4.78, 5) is 0. The zero-order chi connectivity index (χ0) is 12.7. The Labute approximate surface area is 105 Å². The Morgan fingerprint density at radius 1 is 1.47 bits per heavy atom. The van der Waals surface area contributed by atoms with E-state index in [-0.39, 0.29) is 0 Å². The summed E-state index contributed by atoms with van der Waals surface area (Å²) in [5, 5.41) is 3.39. The molecule has 1 unspecified atom stereocenters. The van der Waals surface area contributed by atoms with Crippen LogP contribution in [0.3, 0.4) is 0 Å². The number of hydrogen-bond acceptors (Lipinski definition) is 2. The first-order valence-corrected chi connectivity index (χ1v) is 6.24. The van der Waals surface area contributed by atoms with E-state index in [0.717, 1.165) is 24.3 Å². The molecule has 0 saturated heterocycles. The largest absolute Gasteiger partial charge is 0.493 e. The summed E-state index contributed by atoms with van der Waals surface area (Å²) < 4.78 is 5.70. The van der Waals surface area contributed by atoms with E-state index in [9.17, 15) is 0 Å². The first-order valence-electron chi connectivity index (χ1n) is 6.24. The molecule has 1 aromatic rings. The molecule has 0 saturated carbocycles. The highest BCUT2D eigenvalue weighted by molar-refractivity contribution is 5.30. The van der Waals surface area contributed by atoms with Crippen molar-refractivity contribution in [1.29, 1.82) is 0 Å². The molecule has 1 rings (SSSR count). The van der Waals surface area contributed by atoms with Crippen LogP contribution in [0.2, 0.25) is 0 Å². The van der Waals surface area contributed by atoms with Crippen LogP contribution in [0.1, 0.15) is 38.8 Å². The fourth-order valence-corrected chi connectivity index (χ4v) is 1.64. The number of benzene rings is 1. The summed E-state index contributed by atoms with van der Waals surface area (Å²) in [6, 6.07) is 8.63. The molecule has 94 valence electrons. The van der Waals surface area contributed by atoms with Crippen molar-refractivity contribution in [3.63, 3.8) is 0 Å². The van der Waals surface area contributed by atoms with Crippen LogP contribution in [0.4, 0.5) is 0 Å². The maximum atomic E-state index is 5.70. The van der Waals surface area contributed by atoms with Crippen molar-refractivity contribution in [3.8, 4) is 5.75 Å². The van der Waals surface area contributed by atoms with Gasteiger partial charge in [0.2, 0.25) is 0 Å². The number of hydrogen-bond donors (Lipinski definition) is 1. The fraction of sp³-hybridized carbons (Fsp3) is 0.467. The minimum absolute atomic E-state index is 0.365. The van der Waals surface area contributed by atoms with Crippen molar-refractivity contribution in [2.45, 2.75) is 33.2 Å². The Balaban J connectivity index is 2.56. The summed E-state index contributed by atoms with van der Waals surface area (Å²) in [6.45, 7) is 11.8. The quantitative estimate of drug-likeness (QED) is 0.725. The lowest BCUT2D eigenvalue weighted by atomic mass is 10.1. The summed E-state index contributed by atoms with van der Waals surface area (Å²) in [5.74, 6) is 0.938. The van der Waals surface area contributed by atoms with E-state index in [0.29, 0.717) is 12.6 Å². The van der Waals surface area contributed by atoms with E-state index in [2.05, 4.69) is 37.9 Å². The van der Waals surface area contributed by atoms with Gasteiger partial charge in [-0.05, 0) is 38.1 Å². The van der Waals surface area contributed by atoms with E-state index in [1.54, 1.807) is 0 Å². The van der Waals surface area contributed by atoms with E-state index in [4.69, 9.17) is 4.74 Å². The molecule has 2 nitrogen and oxygen atoms in total. The number of ether oxygens (including phenoxy) is 1. The molecular formula is C15H23NO. The predicted molar refractivity (Wildman–Crippen MR) is 73.5 cm³/mol. The summed E-state index contributed by atoms with van der Waals surface area (Å²) in [5.41, 5.74) is 2.42. The first-order chi connectivity index (χ1) is 8.13. The summed E-state index contributed by atoms with van der Waals surface area (Å²) in [7, 11) is 0. The van der Waals surface area contributed by atoms with Crippen molar-refractivity contribution in [1.82, 2.24) is 5.32 Å². The fourth-order valence-electron chi connectivity index (χ4n) is 1.64. The van der Waals surface area contributed by atoms with Gasteiger partial charge in [0, 0.05) is 12.5 Å². The van der Waals surface area contributed by atoms with E-state index < -0.39 is 0 Å². The molecule has 0 spiro atoms. The van der Waals surface area contributed by atoms with E-state index >= 15 is 0 Å². The lowest BCUT2D eigenvalue weighted by Crippen LogP contribution is -2.17. The number of rotatable bonds is 7. The van der Waals surface area contributed by atoms with Crippen LogP contribution >= 0.6 is 0 Å². The topological polar surface area (TPSA) is 21.3 Å². The van der Waals surface area contributed by atoms with Crippen LogP contribution in [-0.2, 0) is 0 Å². The second kappa shape index (κ2) is 7.13. The third-order valence-corrected chi connectivity index (χ3v) is 2.67. The monoisotopic (exact) mass is 233 g/mol. The molecule has 0 radical (unpaired) electrons. The van der Waals surface area contributed by atoms with Gasteiger partial charge in [0.25, 0.3) is 0 Å². The highest BCUT2D eigenvalue weighted by Crippen LogP contribution is 2.19. The van der Waals surface area contributed by atoms with Crippen LogP contribution in [-0.4, -0.2) is 13.2 Å². The van der Waals surface area contributed by atoms with Crippen molar-refractivity contribution in [2.24, 2.45) is 0 Å². The molecular weight excluding hydrogens is 210 g/mol. The lowest BCUT2D eigenvalue weighted by Gasteiger charge is -2.14. The molecule has 0 bridgehead atoms. The Hall–Kier alpha value is -1.28. The van der Waals surface area contributed by atoms with Gasteiger partial charge in [-0.1, -0.05) is 24.6 Å². The second-order valence-electron chi connectivity index (χ2n) is 4.41. The van der Waals surface area contributed by atoms with Crippen LogP contribution < -0.4 is 10.1 Å². The van der Waals surface area contributed by atoms with Crippen LogP contribution in [0.5, 0.6) is 5.75 Å². The lowest BCUT2D eigenvalue weighted by molar-refractivity contribution is 0.321. The molecule has 0 amide bonds. The molecule has 1 aromatic carbocycles. The van der Waals surface area contributed by atoms with Gasteiger partial charge in [-0.25, -0.2) is 0 Å². The van der Waals surface area contributed by atoms with Crippen molar-refractivity contribution in [3.05, 3.63) is 42.0 Å². The first kappa shape index (κ1) is 13.8. The molecule has 2 heteroatoms. The molecule has 0 fully saturated rings. The van der Waals surface area contributed by atoms with E-state index in [1.165, 1.54) is 5.56 Å². The Kier molecular flexibility index (Phi) is 5.78. The highest BCUT2D eigenvalue weighted by Gasteiger charge is 2.04. The zero-order valence-electron chi connectivity index (χ0n) is 11.1. The van der Waals surface area contributed by atoms with Crippen molar-refractivity contribution >= 4 is 0 Å². The average Bonchev–Trinajstić information content (AvgIpc) is 2.29. The zero-order valence-corrected chi connectivity index (χ0v) is 11.1. The minimum Gasteiger partial charge on any atom is -0.493 e. The van der Waals surface area contributed by atoms with Gasteiger partial charge in [-0.3, -0.25) is 0 Å². The van der Waals surface area contributed by atoms with Crippen molar-refractivity contribution < 1.29 is 4.74 Å². The minimum atomic E-state index is 0.365. The van der Waals surface area contributed by atoms with Crippen LogP contribution in [0.15, 0.2) is 36.4 Å². The van der Waals surface area contributed by atoms with Crippen LogP contribution in [0.25, 0.3) is 0 Å². The summed E-state index contributed by atoms with van der Waals surface area (Å²) in [6.07, 6.45) is 0.910. The van der Waals surface area contributed by atoms with E-state index in [1.807, 2.05) is 19.1 Å². The van der Waals surface area contributed by atoms with Gasteiger partial charge < -0.3 is 10.1 Å². The second-order valence-corrected chi connectivity index (χ2v) is 4.41. The van der Waals surface area contributed by atoms with Gasteiger partial charge in [0.05, 0.1) is 6.61 Å².